The Kier molecular flexibility index (Phi) is 14.3. The molecule has 10 N–H and O–H groups in total. The summed E-state index contributed by atoms with van der Waals surface area (Å²) >= 11 is 0. The summed E-state index contributed by atoms with van der Waals surface area (Å²) in [6.45, 7) is 16.3. The number of nitrogens with one attached hydrogen (secondary N) is 1. The Bertz CT molecular complexity index is 1180. The van der Waals surface area contributed by atoms with E-state index >= 15 is 0 Å². The molecule has 0 bridgehead atoms. The molecule has 15 heteroatoms. The van der Waals surface area contributed by atoms with Crippen molar-refractivity contribution >= 4 is 5.91 Å². The number of halogens is 2. The van der Waals surface area contributed by atoms with Crippen LogP contribution < -0.4 is 11.2 Å². The summed E-state index contributed by atoms with van der Waals surface area (Å²) in [5, 5.41) is 70.9. The maximum atomic E-state index is 13.0. The van der Waals surface area contributed by atoms with E-state index in [0.29, 0.717) is 12.3 Å². The van der Waals surface area contributed by atoms with Crippen LogP contribution in [0.4, 0.5) is 8.78 Å². The Labute approximate surface area is 289 Å². The van der Waals surface area contributed by atoms with Gasteiger partial charge in [0.2, 0.25) is 23.4 Å². The molecule has 284 valence electrons. The number of amides is 1. The fourth-order valence-corrected chi connectivity index (χ4v) is 7.62. The van der Waals surface area contributed by atoms with E-state index in [9.17, 15) is 28.9 Å². The van der Waals surface area contributed by atoms with Gasteiger partial charge in [-0.15, -0.1) is 0 Å². The highest BCUT2D eigenvalue weighted by atomic mass is 19.3. The van der Waals surface area contributed by atoms with Crippen molar-refractivity contribution in [3.8, 4) is 0 Å². The van der Waals surface area contributed by atoms with Crippen molar-refractivity contribution in [1.29, 1.82) is 0 Å². The smallest absolute Gasteiger partial charge is 0.352 e. The van der Waals surface area contributed by atoms with Crippen molar-refractivity contribution in [3.05, 3.63) is 35.9 Å². The molecule has 13 nitrogen and oxygen atoms in total. The molecule has 0 spiro atoms. The van der Waals surface area contributed by atoms with Crippen molar-refractivity contribution in [2.45, 2.75) is 153 Å². The van der Waals surface area contributed by atoms with Crippen molar-refractivity contribution < 1.29 is 49.3 Å². The number of aryl methyl sites for hydroxylation is 1. The van der Waals surface area contributed by atoms with Crippen molar-refractivity contribution in [1.82, 2.24) is 20.2 Å². The second kappa shape index (κ2) is 16.2. The van der Waals surface area contributed by atoms with Crippen LogP contribution in [0.1, 0.15) is 93.1 Å². The number of nitrogens with zero attached hydrogens (tertiary/aromatic N) is 3. The average Bonchev–Trinajstić information content (AvgIpc) is 3.45. The number of hydrogen-bond acceptors (Lipinski definition) is 12. The number of benzene rings is 1. The average molecular weight is 706 g/mol. The van der Waals surface area contributed by atoms with Gasteiger partial charge >= 0.3 is 5.92 Å². The number of carbonyl (C=O) groups excluding carboxylic acids is 1. The number of alkyl halides is 2. The molecule has 6 unspecified atom stereocenters. The molecule has 2 aliphatic heterocycles. The SMILES string of the molecule is CC.CC1CC(CC(C)N2C(C)NN(C)C2C(C)(C)O)N(C(O)(O)CCc2ccccc2)C1C.NC(=O)C1CC(O)(O)C(F)(F)C(O)(O)C1. The van der Waals surface area contributed by atoms with Gasteiger partial charge in [0.25, 0.3) is 0 Å². The maximum absolute atomic E-state index is 13.0. The lowest BCUT2D eigenvalue weighted by atomic mass is 9.77. The van der Waals surface area contributed by atoms with Crippen LogP contribution in [-0.2, 0) is 11.2 Å². The molecule has 4 rings (SSSR count). The topological polar surface area (TPSA) is 206 Å². The molecule has 0 radical (unpaired) electrons. The maximum Gasteiger partial charge on any atom is 0.352 e. The van der Waals surface area contributed by atoms with Gasteiger partial charge in [0, 0.05) is 50.4 Å². The first kappa shape index (κ1) is 43.3. The van der Waals surface area contributed by atoms with Gasteiger partial charge < -0.3 is 41.5 Å². The van der Waals surface area contributed by atoms with Crippen LogP contribution in [0.3, 0.4) is 0 Å². The highest BCUT2D eigenvalue weighted by Crippen LogP contribution is 2.47. The monoisotopic (exact) mass is 705 g/mol. The zero-order valence-electron chi connectivity index (χ0n) is 30.4. The zero-order valence-corrected chi connectivity index (χ0v) is 30.4. The number of likely N-dealkylation sites (tertiary alicyclic amines) is 1. The molecule has 6 atom stereocenters. The van der Waals surface area contributed by atoms with E-state index in [4.69, 9.17) is 26.2 Å². The first-order valence-electron chi connectivity index (χ1n) is 17.2. The number of likely N-dealkylation sites (N-methyl/N-ethyl adjacent to an activating group) is 1. The molecule has 2 saturated heterocycles. The van der Waals surface area contributed by atoms with Gasteiger partial charge in [0.05, 0.1) is 11.8 Å². The summed E-state index contributed by atoms with van der Waals surface area (Å²) in [4.78, 5) is 14.9. The molecule has 3 fully saturated rings. The van der Waals surface area contributed by atoms with Gasteiger partial charge in [0.1, 0.15) is 6.17 Å². The second-order valence-electron chi connectivity index (χ2n) is 14.5. The van der Waals surface area contributed by atoms with E-state index in [1.807, 2.05) is 75.0 Å². The van der Waals surface area contributed by atoms with Gasteiger partial charge in [-0.3, -0.25) is 9.69 Å². The summed E-state index contributed by atoms with van der Waals surface area (Å²) in [6, 6.07) is 10.3. The molecule has 3 aliphatic rings. The lowest BCUT2D eigenvalue weighted by molar-refractivity contribution is -0.421. The molecular weight excluding hydrogens is 644 g/mol. The standard InChI is InChI=1S/C25H44N4O3.C7H11F2NO5.C2H6/c1-17-15-22(16-18(2)28-20(4)26-27(7)23(28)24(5,6)30)29(19(17)3)25(31,32)14-13-21-11-9-8-10-12-21;8-7(9)5(12,13)1-3(4(10)11)2-6(7,14)15;1-2/h8-12,17-20,22-23,26,30-32H,13-16H2,1-7H3;3,12-15H,1-2H2,(H2,10,11);1-2H3. The van der Waals surface area contributed by atoms with Gasteiger partial charge in [0.15, 0.2) is 0 Å². The molecule has 2 heterocycles. The Morgan fingerprint density at radius 1 is 1.02 bits per heavy atom. The summed E-state index contributed by atoms with van der Waals surface area (Å²) in [6.07, 6.45) is 0.456. The van der Waals surface area contributed by atoms with E-state index in [2.05, 4.69) is 38.0 Å². The molecule has 1 aromatic rings. The number of hydrazine groups is 1. The molecular formula is C34H61F2N5O8. The molecule has 1 aromatic carbocycles. The predicted octanol–water partition coefficient (Wildman–Crippen LogP) is 1.24. The minimum absolute atomic E-state index is 0.0568. The third kappa shape index (κ3) is 9.71. The van der Waals surface area contributed by atoms with Gasteiger partial charge in [-0.1, -0.05) is 51.1 Å². The largest absolute Gasteiger partial charge is 0.387 e. The lowest BCUT2D eigenvalue weighted by Crippen LogP contribution is -2.68. The summed E-state index contributed by atoms with van der Waals surface area (Å²) in [5.41, 5.74) is 8.39. The van der Waals surface area contributed by atoms with Crippen LogP contribution in [0.2, 0.25) is 0 Å². The van der Waals surface area contributed by atoms with Crippen molar-refractivity contribution in [2.24, 2.45) is 17.6 Å². The van der Waals surface area contributed by atoms with Crippen LogP contribution in [0.25, 0.3) is 0 Å². The highest BCUT2D eigenvalue weighted by molar-refractivity contribution is 5.77. The van der Waals surface area contributed by atoms with E-state index in [1.54, 1.807) is 0 Å². The third-order valence-corrected chi connectivity index (χ3v) is 10.0. The number of hydrogen-bond donors (Lipinski definition) is 9. The van der Waals surface area contributed by atoms with Gasteiger partial charge in [-0.05, 0) is 65.4 Å². The summed E-state index contributed by atoms with van der Waals surface area (Å²) in [5.74, 6) is -15.9. The van der Waals surface area contributed by atoms with Crippen LogP contribution in [-0.4, -0.2) is 123 Å². The zero-order chi connectivity index (χ0) is 37.9. The quantitative estimate of drug-likeness (QED) is 0.167. The Morgan fingerprint density at radius 2 is 1.53 bits per heavy atom. The van der Waals surface area contributed by atoms with Crippen LogP contribution in [0.5, 0.6) is 0 Å². The van der Waals surface area contributed by atoms with E-state index in [0.717, 1.165) is 18.4 Å². The van der Waals surface area contributed by atoms with Crippen molar-refractivity contribution in [3.63, 3.8) is 0 Å². The normalized spacial score (nSPS) is 29.8. The van der Waals surface area contributed by atoms with Crippen LogP contribution in [0, 0.1) is 11.8 Å². The summed E-state index contributed by atoms with van der Waals surface area (Å²) < 4.78 is 26.1. The Balaban J connectivity index is 0.000000410. The molecule has 49 heavy (non-hydrogen) atoms. The minimum Gasteiger partial charge on any atom is -0.387 e. The lowest BCUT2D eigenvalue weighted by Gasteiger charge is -2.45. The number of nitrogens with two attached hydrogens (primary N) is 1. The van der Waals surface area contributed by atoms with Gasteiger partial charge in [-0.2, -0.15) is 8.78 Å². The minimum atomic E-state index is -4.55. The molecule has 0 aromatic heterocycles. The Hall–Kier alpha value is -1.89. The first-order chi connectivity index (χ1) is 22.3. The molecule has 1 saturated carbocycles. The van der Waals surface area contributed by atoms with Crippen LogP contribution in [0.15, 0.2) is 30.3 Å². The molecule has 1 aliphatic carbocycles. The third-order valence-electron chi connectivity index (χ3n) is 10.0. The predicted molar refractivity (Wildman–Crippen MR) is 180 cm³/mol. The number of aliphatic hydroxyl groups is 7. The number of rotatable bonds is 9. The van der Waals surface area contributed by atoms with E-state index in [1.165, 1.54) is 0 Å². The number of primary amides is 1. The number of carbonyl (C=O) groups is 1. The highest BCUT2D eigenvalue weighted by Gasteiger charge is 2.70. The van der Waals surface area contributed by atoms with E-state index < -0.39 is 53.7 Å². The van der Waals surface area contributed by atoms with Crippen LogP contribution >= 0.6 is 0 Å². The second-order valence-corrected chi connectivity index (χ2v) is 14.5. The summed E-state index contributed by atoms with van der Waals surface area (Å²) in [7, 11) is 1.97. The van der Waals surface area contributed by atoms with Crippen molar-refractivity contribution in [2.75, 3.05) is 7.05 Å². The first-order valence-corrected chi connectivity index (χ1v) is 17.2. The fraction of sp³-hybridized carbons (Fsp3) is 0.794. The van der Waals surface area contributed by atoms with E-state index in [-0.39, 0.29) is 36.9 Å². The fourth-order valence-electron chi connectivity index (χ4n) is 7.62. The molecule has 1 amide bonds. The Morgan fingerprint density at radius 3 is 2.00 bits per heavy atom. The van der Waals surface area contributed by atoms with Gasteiger partial charge in [-0.25, -0.2) is 15.3 Å².